The van der Waals surface area contributed by atoms with Gasteiger partial charge in [-0.25, -0.2) is 13.6 Å². The van der Waals surface area contributed by atoms with Crippen molar-refractivity contribution >= 4 is 10.0 Å². The molecule has 4 rings (SSSR count). The summed E-state index contributed by atoms with van der Waals surface area (Å²) in [7, 11) is -3.69. The zero-order valence-electron chi connectivity index (χ0n) is 13.6. The monoisotopic (exact) mass is 342 g/mol. The average molecular weight is 342 g/mol. The molecule has 0 amide bonds. The first kappa shape index (κ1) is 15.8. The number of primary sulfonamides is 1. The largest absolute Gasteiger partial charge is 0.257 e. The van der Waals surface area contributed by atoms with E-state index < -0.39 is 10.0 Å². The van der Waals surface area contributed by atoms with E-state index in [0.717, 1.165) is 17.7 Å². The summed E-state index contributed by atoms with van der Waals surface area (Å²) in [5.41, 5.74) is 3.13. The highest BCUT2D eigenvalue weighted by Crippen LogP contribution is 2.55. The molecule has 0 spiro atoms. The number of benzene rings is 1. The van der Waals surface area contributed by atoms with Gasteiger partial charge in [-0.3, -0.25) is 4.98 Å². The Morgan fingerprint density at radius 1 is 0.917 bits per heavy atom. The van der Waals surface area contributed by atoms with E-state index in [9.17, 15) is 8.42 Å². The molecule has 2 aromatic rings. The molecule has 2 atom stereocenters. The van der Waals surface area contributed by atoms with Crippen LogP contribution in [0.3, 0.4) is 0 Å². The Hall–Kier alpha value is -1.72. The van der Waals surface area contributed by atoms with Crippen molar-refractivity contribution in [1.29, 1.82) is 0 Å². The zero-order chi connectivity index (χ0) is 16.7. The minimum atomic E-state index is -3.69. The van der Waals surface area contributed by atoms with Crippen LogP contribution in [0.4, 0.5) is 0 Å². The van der Waals surface area contributed by atoms with Crippen molar-refractivity contribution in [1.82, 2.24) is 4.98 Å². The van der Waals surface area contributed by atoms with Gasteiger partial charge in [-0.2, -0.15) is 0 Å². The van der Waals surface area contributed by atoms with E-state index >= 15 is 0 Å². The molecule has 0 saturated heterocycles. The maximum atomic E-state index is 11.8. The van der Waals surface area contributed by atoms with Crippen molar-refractivity contribution in [3.05, 3.63) is 59.4 Å². The molecule has 0 bridgehead atoms. The van der Waals surface area contributed by atoms with Crippen LogP contribution in [-0.4, -0.2) is 13.4 Å². The molecule has 5 heteroatoms. The van der Waals surface area contributed by atoms with E-state index in [1.54, 1.807) is 12.1 Å². The predicted molar refractivity (Wildman–Crippen MR) is 93.4 cm³/mol. The summed E-state index contributed by atoms with van der Waals surface area (Å²) in [6.45, 7) is 0. The van der Waals surface area contributed by atoms with Crippen LogP contribution >= 0.6 is 0 Å². The molecule has 0 radical (unpaired) electrons. The molecule has 1 aromatic carbocycles. The molecule has 2 aliphatic carbocycles. The van der Waals surface area contributed by atoms with Gasteiger partial charge >= 0.3 is 0 Å². The van der Waals surface area contributed by atoms with Gasteiger partial charge in [0.2, 0.25) is 10.0 Å². The van der Waals surface area contributed by atoms with Gasteiger partial charge < -0.3 is 0 Å². The van der Waals surface area contributed by atoms with Crippen molar-refractivity contribution in [2.45, 2.75) is 54.8 Å². The maximum absolute atomic E-state index is 11.8. The Morgan fingerprint density at radius 2 is 1.62 bits per heavy atom. The maximum Gasteiger partial charge on any atom is 0.238 e. The molecule has 2 unspecified atom stereocenters. The predicted octanol–water partition coefficient (Wildman–Crippen LogP) is 3.66. The first-order valence-electron chi connectivity index (χ1n) is 8.62. The number of hydrogen-bond donors (Lipinski definition) is 1. The van der Waals surface area contributed by atoms with Gasteiger partial charge in [0.25, 0.3) is 0 Å². The average Bonchev–Trinajstić information content (AvgIpc) is 3.19. The van der Waals surface area contributed by atoms with Gasteiger partial charge in [0.05, 0.1) is 4.90 Å². The van der Waals surface area contributed by atoms with Gasteiger partial charge in [0.1, 0.15) is 0 Å². The number of pyridine rings is 1. The lowest BCUT2D eigenvalue weighted by Gasteiger charge is -2.11. The van der Waals surface area contributed by atoms with E-state index in [-0.39, 0.29) is 10.8 Å². The molecule has 1 aromatic heterocycles. The highest BCUT2D eigenvalue weighted by Gasteiger charge is 2.42. The normalized spacial score (nSPS) is 24.2. The Bertz CT molecular complexity index is 857. The molecule has 2 saturated carbocycles. The van der Waals surface area contributed by atoms with E-state index in [2.05, 4.69) is 18.2 Å². The summed E-state index contributed by atoms with van der Waals surface area (Å²) in [5, 5.41) is 5.37. The minimum Gasteiger partial charge on any atom is -0.257 e. The van der Waals surface area contributed by atoms with Gasteiger partial charge in [0.15, 0.2) is 0 Å². The van der Waals surface area contributed by atoms with Gasteiger partial charge in [0, 0.05) is 23.2 Å². The molecule has 2 fully saturated rings. The minimum absolute atomic E-state index is 0.200. The quantitative estimate of drug-likeness (QED) is 0.921. The molecule has 24 heavy (non-hydrogen) atoms. The summed E-state index contributed by atoms with van der Waals surface area (Å²) in [6, 6.07) is 13.4. The second kappa shape index (κ2) is 5.97. The fourth-order valence-electron chi connectivity index (χ4n) is 4.04. The summed E-state index contributed by atoms with van der Waals surface area (Å²) >= 11 is 0. The van der Waals surface area contributed by atoms with Crippen molar-refractivity contribution < 1.29 is 8.42 Å². The SMILES string of the molecule is NS(=O)(=O)c1ccccc1C1CC1c1cccc(C2CCCC2)n1. The van der Waals surface area contributed by atoms with Crippen LogP contribution < -0.4 is 5.14 Å². The molecular formula is C19H22N2O2S. The van der Waals surface area contributed by atoms with Gasteiger partial charge in [-0.1, -0.05) is 37.1 Å². The van der Waals surface area contributed by atoms with E-state index in [0.29, 0.717) is 11.8 Å². The smallest absolute Gasteiger partial charge is 0.238 e. The van der Waals surface area contributed by atoms with Crippen LogP contribution in [0.15, 0.2) is 47.4 Å². The number of nitrogens with two attached hydrogens (primary N) is 1. The number of rotatable bonds is 4. The Balaban J connectivity index is 1.60. The summed E-state index contributed by atoms with van der Waals surface area (Å²) in [5.74, 6) is 1.10. The lowest BCUT2D eigenvalue weighted by molar-refractivity contribution is 0.596. The highest BCUT2D eigenvalue weighted by atomic mass is 32.2. The van der Waals surface area contributed by atoms with E-state index in [1.807, 2.05) is 12.1 Å². The molecule has 0 aliphatic heterocycles. The van der Waals surface area contributed by atoms with Crippen LogP contribution in [0.25, 0.3) is 0 Å². The highest BCUT2D eigenvalue weighted by molar-refractivity contribution is 7.89. The molecular weight excluding hydrogens is 320 g/mol. The fourth-order valence-corrected chi connectivity index (χ4v) is 4.85. The lowest BCUT2D eigenvalue weighted by atomic mass is 10.0. The molecule has 2 N–H and O–H groups in total. The number of aromatic nitrogens is 1. The second-order valence-electron chi connectivity index (χ2n) is 7.00. The lowest BCUT2D eigenvalue weighted by Crippen LogP contribution is -2.14. The second-order valence-corrected chi connectivity index (χ2v) is 8.53. The van der Waals surface area contributed by atoms with Crippen LogP contribution in [-0.2, 0) is 10.0 Å². The van der Waals surface area contributed by atoms with Crippen LogP contribution in [0.5, 0.6) is 0 Å². The fraction of sp³-hybridized carbons (Fsp3) is 0.421. The third-order valence-corrected chi connectivity index (χ3v) is 6.35. The number of hydrogen-bond acceptors (Lipinski definition) is 3. The van der Waals surface area contributed by atoms with E-state index in [1.165, 1.54) is 31.4 Å². The summed E-state index contributed by atoms with van der Waals surface area (Å²) in [4.78, 5) is 5.16. The standard InChI is InChI=1S/C19H22N2O2S/c20-24(22,23)19-11-4-3-8-14(19)15-12-16(15)18-10-5-9-17(21-18)13-6-1-2-7-13/h3-5,8-11,13,15-16H,1-2,6-7,12H2,(H2,20,22,23). The number of sulfonamides is 1. The Morgan fingerprint density at radius 3 is 2.38 bits per heavy atom. The van der Waals surface area contributed by atoms with Gasteiger partial charge in [-0.15, -0.1) is 0 Å². The summed E-state index contributed by atoms with van der Waals surface area (Å²) < 4.78 is 23.6. The van der Waals surface area contributed by atoms with Crippen LogP contribution in [0, 0.1) is 0 Å². The number of nitrogens with zero attached hydrogens (tertiary/aromatic N) is 1. The first-order chi connectivity index (χ1) is 11.5. The van der Waals surface area contributed by atoms with E-state index in [4.69, 9.17) is 10.1 Å². The van der Waals surface area contributed by atoms with Crippen molar-refractivity contribution in [3.63, 3.8) is 0 Å². The summed E-state index contributed by atoms with van der Waals surface area (Å²) in [6.07, 6.45) is 6.00. The van der Waals surface area contributed by atoms with Crippen molar-refractivity contribution in [2.24, 2.45) is 5.14 Å². The first-order valence-corrected chi connectivity index (χ1v) is 10.2. The molecule has 126 valence electrons. The van der Waals surface area contributed by atoms with Crippen molar-refractivity contribution in [3.8, 4) is 0 Å². The van der Waals surface area contributed by atoms with Crippen LogP contribution in [0.2, 0.25) is 0 Å². The van der Waals surface area contributed by atoms with Crippen LogP contribution in [0.1, 0.15) is 66.8 Å². The molecule has 4 nitrogen and oxygen atoms in total. The molecule has 2 aliphatic rings. The Labute approximate surface area is 143 Å². The van der Waals surface area contributed by atoms with Crippen molar-refractivity contribution in [2.75, 3.05) is 0 Å². The third kappa shape index (κ3) is 2.98. The third-order valence-electron chi connectivity index (χ3n) is 5.36. The Kier molecular flexibility index (Phi) is 3.93. The topological polar surface area (TPSA) is 73.1 Å². The molecule has 1 heterocycles. The zero-order valence-corrected chi connectivity index (χ0v) is 14.4. The van der Waals surface area contributed by atoms with Gasteiger partial charge in [-0.05, 0) is 48.9 Å².